The number of nitrogens with zero attached hydrogens (tertiary/aromatic N) is 2. The number of hydrogen-bond donors (Lipinski definition) is 1. The molecule has 0 bridgehead atoms. The summed E-state index contributed by atoms with van der Waals surface area (Å²) in [6.07, 6.45) is 4.41. The lowest BCUT2D eigenvalue weighted by Crippen LogP contribution is -2.23. The number of halogens is 1. The molecule has 0 aliphatic heterocycles. The molecule has 0 aliphatic rings. The van der Waals surface area contributed by atoms with Gasteiger partial charge in [-0.15, -0.1) is 0 Å². The van der Waals surface area contributed by atoms with Crippen molar-refractivity contribution in [2.24, 2.45) is 0 Å². The van der Waals surface area contributed by atoms with Gasteiger partial charge in [0.25, 0.3) is 5.56 Å². The summed E-state index contributed by atoms with van der Waals surface area (Å²) in [5.74, 6) is -0.383. The van der Waals surface area contributed by atoms with Crippen LogP contribution in [-0.2, 0) is 16.8 Å². The second kappa shape index (κ2) is 7.94. The number of hydrogen-bond acceptors (Lipinski definition) is 4. The normalized spacial score (nSPS) is 12.1. The van der Waals surface area contributed by atoms with Crippen molar-refractivity contribution in [2.45, 2.75) is 5.75 Å². The zero-order valence-electron chi connectivity index (χ0n) is 15.0. The van der Waals surface area contributed by atoms with Crippen LogP contribution in [0.4, 0.5) is 4.39 Å². The van der Waals surface area contributed by atoms with E-state index in [2.05, 4.69) is 5.10 Å². The highest BCUT2D eigenvalue weighted by atomic mass is 32.2. The third-order valence-electron chi connectivity index (χ3n) is 4.42. The Morgan fingerprint density at radius 2 is 1.72 bits per heavy atom. The van der Waals surface area contributed by atoms with Crippen molar-refractivity contribution >= 4 is 11.1 Å². The Hall–Kier alpha value is -3.36. The van der Waals surface area contributed by atoms with Crippen molar-refractivity contribution < 1.29 is 17.6 Å². The minimum atomic E-state index is -1.94. The van der Waals surface area contributed by atoms with E-state index in [9.17, 15) is 13.4 Å². The quantitative estimate of drug-likeness (QED) is 0.502. The standard InChI is InChI=1S/C21H15FN2O4S/c22-17-7-5-16(6-8-17)20-19(15-3-1-14(2-4-15)13-29(26)27)11-23-24(21(20)25)18-9-10-28-12-18/h1-12H,13H2,(H,26,27). The summed E-state index contributed by atoms with van der Waals surface area (Å²) in [6, 6.07) is 14.2. The van der Waals surface area contributed by atoms with Crippen LogP contribution in [0.2, 0.25) is 0 Å². The molecule has 0 amide bonds. The molecule has 2 aromatic carbocycles. The van der Waals surface area contributed by atoms with Crippen molar-refractivity contribution in [2.75, 3.05) is 0 Å². The molecule has 29 heavy (non-hydrogen) atoms. The van der Waals surface area contributed by atoms with E-state index in [1.807, 2.05) is 0 Å². The maximum Gasteiger partial charge on any atom is 0.280 e. The van der Waals surface area contributed by atoms with Crippen molar-refractivity contribution in [3.05, 3.63) is 95.1 Å². The number of aromatic nitrogens is 2. The van der Waals surface area contributed by atoms with Crippen LogP contribution >= 0.6 is 0 Å². The summed E-state index contributed by atoms with van der Waals surface area (Å²) in [5, 5.41) is 4.25. The smallest absolute Gasteiger partial charge is 0.280 e. The molecule has 0 fully saturated rings. The first-order valence-corrected chi connectivity index (χ1v) is 9.88. The van der Waals surface area contributed by atoms with Crippen molar-refractivity contribution in [3.8, 4) is 27.9 Å². The summed E-state index contributed by atoms with van der Waals surface area (Å²) in [5.41, 5.74) is 2.98. The Bertz CT molecular complexity index is 1220. The highest BCUT2D eigenvalue weighted by molar-refractivity contribution is 7.78. The summed E-state index contributed by atoms with van der Waals surface area (Å²) in [6.45, 7) is 0. The lowest BCUT2D eigenvalue weighted by Gasteiger charge is -2.12. The van der Waals surface area contributed by atoms with E-state index in [4.69, 9.17) is 8.97 Å². The second-order valence-electron chi connectivity index (χ2n) is 6.30. The van der Waals surface area contributed by atoms with Crippen LogP contribution in [0.25, 0.3) is 27.9 Å². The molecule has 0 saturated carbocycles. The number of rotatable bonds is 5. The van der Waals surface area contributed by atoms with Gasteiger partial charge in [-0.3, -0.25) is 4.79 Å². The number of furan rings is 1. The fourth-order valence-electron chi connectivity index (χ4n) is 3.05. The molecule has 0 aliphatic carbocycles. The molecule has 2 heterocycles. The average Bonchev–Trinajstić information content (AvgIpc) is 3.23. The zero-order chi connectivity index (χ0) is 20.4. The topological polar surface area (TPSA) is 85.3 Å². The lowest BCUT2D eigenvalue weighted by molar-refractivity contribution is 0.563. The summed E-state index contributed by atoms with van der Waals surface area (Å²) < 4.78 is 39.7. The average molecular weight is 410 g/mol. The van der Waals surface area contributed by atoms with Gasteiger partial charge < -0.3 is 8.97 Å². The summed E-state index contributed by atoms with van der Waals surface area (Å²) in [7, 11) is 0. The largest absolute Gasteiger partial charge is 0.470 e. The first kappa shape index (κ1) is 19.0. The molecule has 8 heteroatoms. The van der Waals surface area contributed by atoms with Gasteiger partial charge in [-0.05, 0) is 28.8 Å². The van der Waals surface area contributed by atoms with Gasteiger partial charge in [-0.2, -0.15) is 9.78 Å². The van der Waals surface area contributed by atoms with Crippen LogP contribution in [0.1, 0.15) is 5.56 Å². The Morgan fingerprint density at radius 1 is 1.03 bits per heavy atom. The van der Waals surface area contributed by atoms with Gasteiger partial charge in [0.15, 0.2) is 11.1 Å². The van der Waals surface area contributed by atoms with Crippen LogP contribution in [0.5, 0.6) is 0 Å². The fourth-order valence-corrected chi connectivity index (χ4v) is 3.53. The molecular formula is C21H15FN2O4S. The molecule has 1 atom stereocenters. The molecular weight excluding hydrogens is 395 g/mol. The van der Waals surface area contributed by atoms with Crippen LogP contribution in [0, 0.1) is 5.82 Å². The summed E-state index contributed by atoms with van der Waals surface area (Å²) in [4.78, 5) is 13.3. The highest BCUT2D eigenvalue weighted by Gasteiger charge is 2.17. The van der Waals surface area contributed by atoms with E-state index < -0.39 is 16.9 Å². The zero-order valence-corrected chi connectivity index (χ0v) is 15.8. The molecule has 0 radical (unpaired) electrons. The molecule has 0 spiro atoms. The molecule has 2 aromatic heterocycles. The van der Waals surface area contributed by atoms with Crippen LogP contribution in [0.3, 0.4) is 0 Å². The van der Waals surface area contributed by atoms with E-state index in [-0.39, 0.29) is 11.3 Å². The first-order chi connectivity index (χ1) is 14.0. The van der Waals surface area contributed by atoms with Gasteiger partial charge in [-0.1, -0.05) is 36.4 Å². The van der Waals surface area contributed by atoms with E-state index in [0.29, 0.717) is 33.5 Å². The Balaban J connectivity index is 1.89. The predicted molar refractivity (Wildman–Crippen MR) is 107 cm³/mol. The minimum absolute atomic E-state index is 0.0193. The number of benzene rings is 2. The highest BCUT2D eigenvalue weighted by Crippen LogP contribution is 2.29. The van der Waals surface area contributed by atoms with E-state index >= 15 is 0 Å². The van der Waals surface area contributed by atoms with Crippen molar-refractivity contribution in [3.63, 3.8) is 0 Å². The molecule has 146 valence electrons. The molecule has 4 aromatic rings. The Morgan fingerprint density at radius 3 is 2.34 bits per heavy atom. The van der Waals surface area contributed by atoms with Crippen molar-refractivity contribution in [1.82, 2.24) is 9.78 Å². The third-order valence-corrected chi connectivity index (χ3v) is 5.00. The van der Waals surface area contributed by atoms with E-state index in [1.54, 1.807) is 48.7 Å². The minimum Gasteiger partial charge on any atom is -0.470 e. The lowest BCUT2D eigenvalue weighted by atomic mass is 9.96. The van der Waals surface area contributed by atoms with Crippen LogP contribution in [-0.4, -0.2) is 18.5 Å². The maximum atomic E-state index is 13.4. The molecule has 4 rings (SSSR count). The van der Waals surface area contributed by atoms with Crippen LogP contribution in [0.15, 0.2) is 82.5 Å². The molecule has 1 N–H and O–H groups in total. The monoisotopic (exact) mass is 410 g/mol. The molecule has 6 nitrogen and oxygen atoms in total. The Labute approximate surface area is 167 Å². The molecule has 1 unspecified atom stereocenters. The first-order valence-electron chi connectivity index (χ1n) is 8.60. The van der Waals surface area contributed by atoms with Crippen LogP contribution < -0.4 is 5.56 Å². The van der Waals surface area contributed by atoms with Crippen molar-refractivity contribution in [1.29, 1.82) is 0 Å². The van der Waals surface area contributed by atoms with Gasteiger partial charge in [0.2, 0.25) is 0 Å². The molecule has 0 saturated heterocycles. The second-order valence-corrected chi connectivity index (χ2v) is 7.23. The van der Waals surface area contributed by atoms with Gasteiger partial charge in [0.05, 0.1) is 23.8 Å². The van der Waals surface area contributed by atoms with E-state index in [0.717, 1.165) is 0 Å². The fraction of sp³-hybridized carbons (Fsp3) is 0.0476. The van der Waals surface area contributed by atoms with E-state index in [1.165, 1.54) is 29.3 Å². The van der Waals surface area contributed by atoms with Gasteiger partial charge >= 0.3 is 0 Å². The summed E-state index contributed by atoms with van der Waals surface area (Å²) >= 11 is -1.94. The van der Waals surface area contributed by atoms with Gasteiger partial charge in [0.1, 0.15) is 17.8 Å². The van der Waals surface area contributed by atoms with Gasteiger partial charge in [-0.25, -0.2) is 8.60 Å². The maximum absolute atomic E-state index is 13.4. The predicted octanol–water partition coefficient (Wildman–Crippen LogP) is 4.02. The third kappa shape index (κ3) is 3.94. The SMILES string of the molecule is O=c1c(-c2ccc(F)cc2)c(-c2ccc(CS(=O)O)cc2)cnn1-c1ccoc1. The van der Waals surface area contributed by atoms with Gasteiger partial charge in [0, 0.05) is 11.6 Å². The Kier molecular flexibility index (Phi) is 5.20.